The Morgan fingerprint density at radius 1 is 1.43 bits per heavy atom. The van der Waals surface area contributed by atoms with Crippen LogP contribution in [0.3, 0.4) is 0 Å². The molecule has 0 radical (unpaired) electrons. The summed E-state index contributed by atoms with van der Waals surface area (Å²) >= 11 is 1.01. The van der Waals surface area contributed by atoms with Crippen LogP contribution in [-0.4, -0.2) is 49.5 Å². The lowest BCUT2D eigenvalue weighted by atomic mass is 9.92. The van der Waals surface area contributed by atoms with E-state index in [0.717, 1.165) is 11.3 Å². The lowest BCUT2D eigenvalue weighted by molar-refractivity contribution is -0.144. The van der Waals surface area contributed by atoms with E-state index in [4.69, 9.17) is 0 Å². The van der Waals surface area contributed by atoms with E-state index in [1.54, 1.807) is 19.2 Å². The zero-order chi connectivity index (χ0) is 17.4. The SMILES string of the molecule is COC(=O)c1scc(C)c1S(=O)(=O)N1CCC[C@H](C(=O)O)[C@@H]1C. The number of thiophene rings is 1. The standard InChI is InChI=1S/C14H19NO6S2/c1-8-7-22-11(14(18)21-3)12(8)23(19,20)15-6-4-5-10(9(15)2)13(16)17/h7,9-10H,4-6H2,1-3H3,(H,16,17)/t9-,10-/m0/s1. The number of ether oxygens (including phenoxy) is 1. The summed E-state index contributed by atoms with van der Waals surface area (Å²) in [7, 11) is -2.78. The van der Waals surface area contributed by atoms with Crippen molar-refractivity contribution in [3.63, 3.8) is 0 Å². The summed E-state index contributed by atoms with van der Waals surface area (Å²) in [5.41, 5.74) is 0.458. The van der Waals surface area contributed by atoms with E-state index in [1.165, 1.54) is 11.4 Å². The molecule has 2 heterocycles. The number of rotatable bonds is 4. The number of sulfonamides is 1. The van der Waals surface area contributed by atoms with Crippen molar-refractivity contribution in [3.8, 4) is 0 Å². The van der Waals surface area contributed by atoms with Crippen LogP contribution >= 0.6 is 11.3 Å². The van der Waals surface area contributed by atoms with Gasteiger partial charge in [0.1, 0.15) is 9.77 Å². The second-order valence-electron chi connectivity index (χ2n) is 5.51. The van der Waals surface area contributed by atoms with Gasteiger partial charge in [-0.3, -0.25) is 4.79 Å². The van der Waals surface area contributed by atoms with Crippen molar-refractivity contribution >= 4 is 33.3 Å². The van der Waals surface area contributed by atoms with E-state index in [2.05, 4.69) is 4.74 Å². The maximum Gasteiger partial charge on any atom is 0.349 e. The van der Waals surface area contributed by atoms with Crippen LogP contribution in [0.15, 0.2) is 10.3 Å². The van der Waals surface area contributed by atoms with Gasteiger partial charge >= 0.3 is 11.9 Å². The van der Waals surface area contributed by atoms with Gasteiger partial charge in [0.15, 0.2) is 0 Å². The Hall–Kier alpha value is -1.45. The minimum Gasteiger partial charge on any atom is -0.481 e. The summed E-state index contributed by atoms with van der Waals surface area (Å²) in [6, 6.07) is -0.670. The Morgan fingerprint density at radius 2 is 2.09 bits per heavy atom. The molecule has 1 aromatic heterocycles. The van der Waals surface area contributed by atoms with Crippen LogP contribution in [-0.2, 0) is 19.6 Å². The van der Waals surface area contributed by atoms with Crippen molar-refractivity contribution < 1.29 is 27.9 Å². The summed E-state index contributed by atoms with van der Waals surface area (Å²) in [6.07, 6.45) is 0.909. The molecule has 1 aliphatic heterocycles. The second kappa shape index (κ2) is 6.58. The summed E-state index contributed by atoms with van der Waals surface area (Å²) < 4.78 is 31.9. The largest absolute Gasteiger partial charge is 0.481 e. The zero-order valence-corrected chi connectivity index (χ0v) is 14.7. The Kier molecular flexibility index (Phi) is 5.12. The number of carboxylic acids is 1. The van der Waals surface area contributed by atoms with Crippen LogP contribution in [0.5, 0.6) is 0 Å². The molecule has 7 nitrogen and oxygen atoms in total. The fraction of sp³-hybridized carbons (Fsp3) is 0.571. The molecule has 2 rings (SSSR count). The van der Waals surface area contributed by atoms with E-state index in [0.29, 0.717) is 18.4 Å². The molecule has 1 aromatic rings. The van der Waals surface area contributed by atoms with Gasteiger partial charge in [0.05, 0.1) is 13.0 Å². The van der Waals surface area contributed by atoms with Crippen molar-refractivity contribution in [3.05, 3.63) is 15.8 Å². The number of carbonyl (C=O) groups is 2. The van der Waals surface area contributed by atoms with E-state index < -0.39 is 33.9 Å². The smallest absolute Gasteiger partial charge is 0.349 e. The fourth-order valence-corrected chi connectivity index (χ4v) is 6.25. The van der Waals surface area contributed by atoms with Crippen LogP contribution in [0.2, 0.25) is 0 Å². The fourth-order valence-electron chi connectivity index (χ4n) is 2.89. The van der Waals surface area contributed by atoms with Crippen LogP contribution in [0.4, 0.5) is 0 Å². The molecule has 9 heteroatoms. The molecule has 1 aliphatic rings. The monoisotopic (exact) mass is 361 g/mol. The molecule has 0 bridgehead atoms. The zero-order valence-electron chi connectivity index (χ0n) is 13.1. The van der Waals surface area contributed by atoms with Gasteiger partial charge in [-0.25, -0.2) is 13.2 Å². The van der Waals surface area contributed by atoms with Crippen LogP contribution < -0.4 is 0 Å². The Labute approximate surface area is 138 Å². The van der Waals surface area contributed by atoms with E-state index in [9.17, 15) is 23.1 Å². The first-order chi connectivity index (χ1) is 10.7. The van der Waals surface area contributed by atoms with Crippen molar-refractivity contribution in [1.29, 1.82) is 0 Å². The first-order valence-electron chi connectivity index (χ1n) is 7.12. The first kappa shape index (κ1) is 17.9. The third-order valence-corrected chi connectivity index (χ3v) is 7.48. The van der Waals surface area contributed by atoms with Gasteiger partial charge in [0.2, 0.25) is 10.0 Å². The summed E-state index contributed by atoms with van der Waals surface area (Å²) in [5, 5.41) is 10.9. The predicted molar refractivity (Wildman–Crippen MR) is 84.1 cm³/mol. The molecule has 2 atom stereocenters. The maximum absolute atomic E-state index is 13.0. The van der Waals surface area contributed by atoms with Gasteiger partial charge < -0.3 is 9.84 Å². The number of piperidine rings is 1. The molecule has 0 saturated carbocycles. The number of hydrogen-bond donors (Lipinski definition) is 1. The quantitative estimate of drug-likeness (QED) is 0.820. The molecular formula is C14H19NO6S2. The first-order valence-corrected chi connectivity index (χ1v) is 9.44. The highest BCUT2D eigenvalue weighted by Crippen LogP contribution is 2.34. The lowest BCUT2D eigenvalue weighted by Gasteiger charge is -2.36. The lowest BCUT2D eigenvalue weighted by Crippen LogP contribution is -2.49. The van der Waals surface area contributed by atoms with Crippen LogP contribution in [0.1, 0.15) is 35.0 Å². The summed E-state index contributed by atoms with van der Waals surface area (Å²) in [6.45, 7) is 3.44. The molecule has 0 aromatic carbocycles. The van der Waals surface area contributed by atoms with Crippen molar-refractivity contribution in [2.24, 2.45) is 5.92 Å². The molecule has 0 unspecified atom stereocenters. The van der Waals surface area contributed by atoms with Gasteiger partial charge in [0.25, 0.3) is 0 Å². The molecule has 1 N–H and O–H groups in total. The molecule has 128 valence electrons. The number of aryl methyl sites for hydroxylation is 1. The molecule has 1 fully saturated rings. The minimum absolute atomic E-state index is 0.0228. The number of carboxylic acid groups (broad SMARTS) is 1. The highest BCUT2D eigenvalue weighted by molar-refractivity contribution is 7.89. The molecule has 23 heavy (non-hydrogen) atoms. The Bertz CT molecular complexity index is 724. The second-order valence-corrected chi connectivity index (χ2v) is 8.22. The Balaban J connectivity index is 2.48. The number of hydrogen-bond acceptors (Lipinski definition) is 6. The van der Waals surface area contributed by atoms with Gasteiger partial charge in [-0.15, -0.1) is 11.3 Å². The van der Waals surface area contributed by atoms with E-state index >= 15 is 0 Å². The van der Waals surface area contributed by atoms with E-state index in [-0.39, 0.29) is 16.3 Å². The third kappa shape index (κ3) is 3.13. The minimum atomic E-state index is -3.97. The molecule has 0 spiro atoms. The highest BCUT2D eigenvalue weighted by Gasteiger charge is 2.42. The van der Waals surface area contributed by atoms with Gasteiger partial charge in [-0.05, 0) is 37.6 Å². The third-order valence-electron chi connectivity index (χ3n) is 4.10. The average Bonchev–Trinajstić information content (AvgIpc) is 2.88. The molecule has 0 aliphatic carbocycles. The van der Waals surface area contributed by atoms with Gasteiger partial charge in [0, 0.05) is 12.6 Å². The summed E-state index contributed by atoms with van der Waals surface area (Å²) in [5.74, 6) is -2.47. The normalized spacial score (nSPS) is 22.7. The number of esters is 1. The topological polar surface area (TPSA) is 101 Å². The number of carbonyl (C=O) groups excluding carboxylic acids is 1. The van der Waals surface area contributed by atoms with Crippen LogP contribution in [0.25, 0.3) is 0 Å². The molecule has 0 amide bonds. The molecule has 1 saturated heterocycles. The van der Waals surface area contributed by atoms with Crippen molar-refractivity contribution in [2.45, 2.75) is 37.6 Å². The Morgan fingerprint density at radius 3 is 2.65 bits per heavy atom. The average molecular weight is 361 g/mol. The molecular weight excluding hydrogens is 342 g/mol. The van der Waals surface area contributed by atoms with Crippen molar-refractivity contribution in [1.82, 2.24) is 4.31 Å². The van der Waals surface area contributed by atoms with Gasteiger partial charge in [-0.2, -0.15) is 4.31 Å². The summed E-state index contributed by atoms with van der Waals surface area (Å²) in [4.78, 5) is 23.1. The van der Waals surface area contributed by atoms with Crippen molar-refractivity contribution in [2.75, 3.05) is 13.7 Å². The number of aliphatic carboxylic acids is 1. The predicted octanol–water partition coefficient (Wildman–Crippen LogP) is 1.72. The number of methoxy groups -OCH3 is 1. The van der Waals surface area contributed by atoms with Crippen LogP contribution in [0, 0.1) is 12.8 Å². The maximum atomic E-state index is 13.0. The van der Waals surface area contributed by atoms with Gasteiger partial charge in [-0.1, -0.05) is 0 Å². The van der Waals surface area contributed by atoms with E-state index in [1.807, 2.05) is 0 Å². The highest BCUT2D eigenvalue weighted by atomic mass is 32.2. The number of nitrogens with zero attached hydrogens (tertiary/aromatic N) is 1.